The number of aromatic nitrogens is 2. The molecule has 1 aliphatic rings. The van der Waals surface area contributed by atoms with Crippen LogP contribution in [0.25, 0.3) is 11.0 Å². The number of rotatable bonds is 5. The molecule has 1 aliphatic heterocycles. The van der Waals surface area contributed by atoms with Crippen molar-refractivity contribution in [3.8, 4) is 0 Å². The lowest BCUT2D eigenvalue weighted by Crippen LogP contribution is -2.36. The van der Waals surface area contributed by atoms with Crippen LogP contribution in [0.1, 0.15) is 36.7 Å². The molecule has 3 aromatic rings. The molecule has 6 nitrogen and oxygen atoms in total. The molecule has 1 unspecified atom stereocenters. The lowest BCUT2D eigenvalue weighted by Gasteiger charge is -2.30. The van der Waals surface area contributed by atoms with Crippen molar-refractivity contribution in [2.45, 2.75) is 31.7 Å². The molecule has 1 N–H and O–H groups in total. The summed E-state index contributed by atoms with van der Waals surface area (Å²) in [7, 11) is -3.17. The highest BCUT2D eigenvalue weighted by atomic mass is 32.2. The van der Waals surface area contributed by atoms with Gasteiger partial charge in [0.1, 0.15) is 5.82 Å². The van der Waals surface area contributed by atoms with Gasteiger partial charge in [0.25, 0.3) is 0 Å². The molecule has 0 aliphatic carbocycles. The van der Waals surface area contributed by atoms with Crippen LogP contribution in [0.15, 0.2) is 54.6 Å². The van der Waals surface area contributed by atoms with E-state index in [0.29, 0.717) is 32.2 Å². The lowest BCUT2D eigenvalue weighted by molar-refractivity contribution is -0.133. The molecule has 2 heterocycles. The van der Waals surface area contributed by atoms with Crippen LogP contribution in [-0.2, 0) is 21.1 Å². The van der Waals surface area contributed by atoms with Gasteiger partial charge in [-0.15, -0.1) is 0 Å². The maximum Gasteiger partial charge on any atom is 0.223 e. The second kappa shape index (κ2) is 8.37. The number of benzene rings is 2. The molecule has 29 heavy (non-hydrogen) atoms. The van der Waals surface area contributed by atoms with Crippen molar-refractivity contribution in [2.24, 2.45) is 0 Å². The highest BCUT2D eigenvalue weighted by molar-refractivity contribution is 7.91. The molecule has 4 rings (SSSR count). The number of carbonyl (C=O) groups excluding carboxylic acids is 1. The molecule has 0 bridgehead atoms. The van der Waals surface area contributed by atoms with Crippen LogP contribution in [0.2, 0.25) is 0 Å². The van der Waals surface area contributed by atoms with Crippen molar-refractivity contribution in [2.75, 3.05) is 18.1 Å². The maximum atomic E-state index is 13.0. The number of amides is 1. The topological polar surface area (TPSA) is 83.1 Å². The smallest absolute Gasteiger partial charge is 0.223 e. The number of para-hydroxylation sites is 2. The highest BCUT2D eigenvalue weighted by Crippen LogP contribution is 2.27. The van der Waals surface area contributed by atoms with Crippen molar-refractivity contribution >= 4 is 26.8 Å². The van der Waals surface area contributed by atoms with E-state index in [1.807, 2.05) is 54.6 Å². The van der Waals surface area contributed by atoms with Gasteiger partial charge in [-0.2, -0.15) is 0 Å². The molecule has 7 heteroatoms. The van der Waals surface area contributed by atoms with Gasteiger partial charge in [0.2, 0.25) is 5.91 Å². The first kappa shape index (κ1) is 19.6. The molecule has 1 fully saturated rings. The summed E-state index contributed by atoms with van der Waals surface area (Å²) in [6.07, 6.45) is 2.22. The van der Waals surface area contributed by atoms with Crippen LogP contribution in [0.3, 0.4) is 0 Å². The van der Waals surface area contributed by atoms with Crippen LogP contribution in [0, 0.1) is 0 Å². The third-order valence-corrected chi connectivity index (χ3v) is 7.12. The number of hydrogen-bond donors (Lipinski definition) is 1. The summed E-state index contributed by atoms with van der Waals surface area (Å²) in [6, 6.07) is 16.9. The first-order valence-electron chi connectivity index (χ1n) is 10.0. The summed E-state index contributed by atoms with van der Waals surface area (Å²) < 4.78 is 24.7. The number of H-pyrrole nitrogens is 1. The number of imidazole rings is 1. The van der Waals surface area contributed by atoms with Gasteiger partial charge < -0.3 is 9.88 Å². The monoisotopic (exact) mass is 411 g/mol. The Bertz CT molecular complexity index is 1060. The predicted octanol–water partition coefficient (Wildman–Crippen LogP) is 3.27. The van der Waals surface area contributed by atoms with Gasteiger partial charge in [-0.3, -0.25) is 4.79 Å². The second-order valence-corrected chi connectivity index (χ2v) is 9.76. The van der Waals surface area contributed by atoms with Crippen molar-refractivity contribution in [1.82, 2.24) is 14.9 Å². The summed E-state index contributed by atoms with van der Waals surface area (Å²) in [5.74, 6) is 1.01. The van der Waals surface area contributed by atoms with Crippen LogP contribution in [0.5, 0.6) is 0 Å². The third-order valence-electron chi connectivity index (χ3n) is 5.39. The van der Waals surface area contributed by atoms with E-state index in [4.69, 9.17) is 0 Å². The van der Waals surface area contributed by atoms with Crippen molar-refractivity contribution < 1.29 is 13.2 Å². The summed E-state index contributed by atoms with van der Waals surface area (Å²) in [5.41, 5.74) is 2.80. The molecular weight excluding hydrogens is 386 g/mol. The molecule has 2 aromatic carbocycles. The molecule has 1 amide bonds. The minimum Gasteiger partial charge on any atom is -0.342 e. The predicted molar refractivity (Wildman–Crippen MR) is 113 cm³/mol. The minimum absolute atomic E-state index is 0.00654. The molecule has 1 atom stereocenters. The fourth-order valence-electron chi connectivity index (χ4n) is 3.95. The van der Waals surface area contributed by atoms with E-state index >= 15 is 0 Å². The van der Waals surface area contributed by atoms with Gasteiger partial charge in [0.15, 0.2) is 9.84 Å². The maximum absolute atomic E-state index is 13.0. The molecule has 1 saturated heterocycles. The number of nitrogens with zero attached hydrogens (tertiary/aromatic N) is 2. The number of aromatic amines is 1. The van der Waals surface area contributed by atoms with E-state index in [1.54, 1.807) is 4.90 Å². The SMILES string of the molecule is O=C(CCCc1nc2ccccc2[nH]1)N1CCCS(=O)(=O)CC1c1ccccc1. The number of nitrogens with one attached hydrogen (secondary N) is 1. The molecule has 0 spiro atoms. The number of carbonyl (C=O) groups is 1. The fraction of sp³-hybridized carbons (Fsp3) is 0.364. The van der Waals surface area contributed by atoms with Crippen LogP contribution < -0.4 is 0 Å². The Morgan fingerprint density at radius 3 is 2.66 bits per heavy atom. The van der Waals surface area contributed by atoms with Gasteiger partial charge >= 0.3 is 0 Å². The summed E-state index contributed by atoms with van der Waals surface area (Å²) in [6.45, 7) is 0.474. The zero-order valence-electron chi connectivity index (χ0n) is 16.3. The Kier molecular flexibility index (Phi) is 5.67. The summed E-state index contributed by atoms with van der Waals surface area (Å²) in [5, 5.41) is 0. The third kappa shape index (κ3) is 4.67. The largest absolute Gasteiger partial charge is 0.342 e. The van der Waals surface area contributed by atoms with Gasteiger partial charge in [-0.25, -0.2) is 13.4 Å². The normalized spacial score (nSPS) is 19.2. The van der Waals surface area contributed by atoms with Crippen LogP contribution >= 0.6 is 0 Å². The van der Waals surface area contributed by atoms with Gasteiger partial charge in [-0.1, -0.05) is 42.5 Å². The Morgan fingerprint density at radius 1 is 1.10 bits per heavy atom. The first-order chi connectivity index (χ1) is 14.0. The first-order valence-corrected chi connectivity index (χ1v) is 11.8. The second-order valence-electron chi connectivity index (χ2n) is 7.54. The van der Waals surface area contributed by atoms with E-state index in [1.165, 1.54) is 0 Å². The Balaban J connectivity index is 1.45. The Hall–Kier alpha value is -2.67. The Morgan fingerprint density at radius 2 is 1.86 bits per heavy atom. The van der Waals surface area contributed by atoms with E-state index in [0.717, 1.165) is 22.4 Å². The van der Waals surface area contributed by atoms with Crippen molar-refractivity contribution in [3.63, 3.8) is 0 Å². The molecular formula is C22H25N3O3S. The molecule has 0 radical (unpaired) electrons. The van der Waals surface area contributed by atoms with E-state index in [-0.39, 0.29) is 17.4 Å². The molecule has 0 saturated carbocycles. The van der Waals surface area contributed by atoms with E-state index < -0.39 is 15.9 Å². The van der Waals surface area contributed by atoms with Crippen LogP contribution in [0.4, 0.5) is 0 Å². The highest BCUT2D eigenvalue weighted by Gasteiger charge is 2.32. The zero-order valence-corrected chi connectivity index (χ0v) is 17.1. The van der Waals surface area contributed by atoms with Crippen molar-refractivity contribution in [3.05, 3.63) is 66.0 Å². The standard InChI is InChI=1S/C22H25N3O3S/c26-22(13-6-12-21-23-18-10-4-5-11-19(18)24-21)25-14-7-15-29(27,28)16-20(25)17-8-2-1-3-9-17/h1-5,8-11,20H,6-7,12-16H2,(H,23,24). The molecule has 1 aromatic heterocycles. The minimum atomic E-state index is -3.17. The quantitative estimate of drug-likeness (QED) is 0.698. The van der Waals surface area contributed by atoms with Crippen LogP contribution in [-0.4, -0.2) is 47.2 Å². The van der Waals surface area contributed by atoms with Gasteiger partial charge in [0.05, 0.1) is 28.6 Å². The summed E-state index contributed by atoms with van der Waals surface area (Å²) >= 11 is 0. The number of hydrogen-bond acceptors (Lipinski definition) is 4. The summed E-state index contributed by atoms with van der Waals surface area (Å²) in [4.78, 5) is 22.6. The Labute approximate surface area is 170 Å². The average Bonchev–Trinajstić information content (AvgIpc) is 3.05. The number of aryl methyl sites for hydroxylation is 1. The zero-order chi connectivity index (χ0) is 20.3. The lowest BCUT2D eigenvalue weighted by atomic mass is 10.1. The van der Waals surface area contributed by atoms with Gasteiger partial charge in [0, 0.05) is 19.4 Å². The number of fused-ring (bicyclic) bond motifs is 1. The van der Waals surface area contributed by atoms with E-state index in [2.05, 4.69) is 9.97 Å². The fourth-order valence-corrected chi connectivity index (χ4v) is 5.54. The van der Waals surface area contributed by atoms with Gasteiger partial charge in [-0.05, 0) is 30.5 Å². The number of sulfone groups is 1. The van der Waals surface area contributed by atoms with Crippen molar-refractivity contribution in [1.29, 1.82) is 0 Å². The average molecular weight is 412 g/mol. The van der Waals surface area contributed by atoms with E-state index in [9.17, 15) is 13.2 Å². The molecule has 152 valence electrons.